The van der Waals surface area contributed by atoms with Crippen LogP contribution < -0.4 is 0 Å². The quantitative estimate of drug-likeness (QED) is 0.652. The molecular weight excluding hydrogens is 391 g/mol. The Morgan fingerprint density at radius 3 is 2.55 bits per heavy atom. The van der Waals surface area contributed by atoms with Crippen LogP contribution in [-0.2, 0) is 25.6 Å². The average Bonchev–Trinajstić information content (AvgIpc) is 3.33. The van der Waals surface area contributed by atoms with Gasteiger partial charge in [0, 0.05) is 58.0 Å². The molecule has 160 valence electrons. The Bertz CT molecular complexity index is 1130. The fourth-order valence-corrected chi connectivity index (χ4v) is 5.07. The van der Waals surface area contributed by atoms with Crippen molar-refractivity contribution in [1.82, 2.24) is 19.6 Å². The Balaban J connectivity index is 1.40. The van der Waals surface area contributed by atoms with Gasteiger partial charge in [-0.15, -0.1) is 0 Å². The first-order valence-electron chi connectivity index (χ1n) is 10.8. The second-order valence-electron chi connectivity index (χ2n) is 8.73. The summed E-state index contributed by atoms with van der Waals surface area (Å²) in [6, 6.07) is 14.9. The Labute approximate surface area is 182 Å². The molecule has 2 aromatic carbocycles. The van der Waals surface area contributed by atoms with E-state index in [1.807, 2.05) is 50.5 Å². The third-order valence-corrected chi connectivity index (χ3v) is 6.84. The van der Waals surface area contributed by atoms with E-state index in [0.717, 1.165) is 60.7 Å². The SMILES string of the molecule is Cc1ccc(F)cc1CN1CCN(C2(c3ccn(C)n3)Cc3ccccc3C2=O)CC1. The van der Waals surface area contributed by atoms with Crippen LogP contribution in [0.2, 0.25) is 0 Å². The van der Waals surface area contributed by atoms with Gasteiger partial charge in [-0.05, 0) is 41.8 Å². The lowest BCUT2D eigenvalue weighted by atomic mass is 9.87. The number of fused-ring (bicyclic) bond motifs is 1. The summed E-state index contributed by atoms with van der Waals surface area (Å²) in [6.07, 6.45) is 2.57. The smallest absolute Gasteiger partial charge is 0.189 e. The summed E-state index contributed by atoms with van der Waals surface area (Å²) in [5, 5.41) is 4.68. The number of hydrogen-bond acceptors (Lipinski definition) is 4. The fourth-order valence-electron chi connectivity index (χ4n) is 5.07. The minimum absolute atomic E-state index is 0.149. The van der Waals surface area contributed by atoms with E-state index in [1.54, 1.807) is 10.7 Å². The normalized spacial score (nSPS) is 22.1. The van der Waals surface area contributed by atoms with Crippen molar-refractivity contribution < 1.29 is 9.18 Å². The lowest BCUT2D eigenvalue weighted by Crippen LogP contribution is -2.58. The number of hydrogen-bond donors (Lipinski definition) is 0. The summed E-state index contributed by atoms with van der Waals surface area (Å²) < 4.78 is 15.5. The van der Waals surface area contributed by atoms with Crippen LogP contribution in [0.4, 0.5) is 4.39 Å². The first kappa shape index (κ1) is 20.1. The highest BCUT2D eigenvalue weighted by Crippen LogP contribution is 2.42. The van der Waals surface area contributed by atoms with Gasteiger partial charge >= 0.3 is 0 Å². The highest BCUT2D eigenvalue weighted by atomic mass is 19.1. The van der Waals surface area contributed by atoms with Crippen molar-refractivity contribution in [2.75, 3.05) is 26.2 Å². The molecule has 0 spiro atoms. The number of ketones is 1. The summed E-state index contributed by atoms with van der Waals surface area (Å²) >= 11 is 0. The zero-order valence-electron chi connectivity index (χ0n) is 18.0. The second-order valence-corrected chi connectivity index (χ2v) is 8.73. The number of halogens is 1. The number of Topliss-reactive ketones (excluding diaryl/α,β-unsaturated/α-hetero) is 1. The van der Waals surface area contributed by atoms with Gasteiger partial charge in [-0.3, -0.25) is 19.3 Å². The highest BCUT2D eigenvalue weighted by Gasteiger charge is 2.53. The van der Waals surface area contributed by atoms with Crippen molar-refractivity contribution in [3.63, 3.8) is 0 Å². The minimum Gasteiger partial charge on any atom is -0.297 e. The van der Waals surface area contributed by atoms with E-state index in [9.17, 15) is 9.18 Å². The standard InChI is InChI=1S/C25H27FN4O/c1-18-7-8-21(26)15-20(18)17-29-11-13-30(14-12-29)25(23-9-10-28(2)27-23)16-19-5-3-4-6-22(19)24(25)31/h3-10,15H,11-14,16-17H2,1-2H3. The number of aryl methyl sites for hydroxylation is 2. The molecule has 0 amide bonds. The zero-order valence-corrected chi connectivity index (χ0v) is 18.0. The Hall–Kier alpha value is -2.83. The lowest BCUT2D eigenvalue weighted by Gasteiger charge is -2.44. The molecule has 0 saturated carbocycles. The summed E-state index contributed by atoms with van der Waals surface area (Å²) in [5.74, 6) is -0.0427. The molecule has 0 N–H and O–H groups in total. The van der Waals surface area contributed by atoms with Crippen molar-refractivity contribution in [3.05, 3.63) is 88.5 Å². The first-order valence-corrected chi connectivity index (χ1v) is 10.8. The molecule has 0 radical (unpaired) electrons. The maximum atomic E-state index is 13.7. The number of aromatic nitrogens is 2. The van der Waals surface area contributed by atoms with Gasteiger partial charge in [0.15, 0.2) is 5.78 Å². The molecule has 3 aromatic rings. The summed E-state index contributed by atoms with van der Waals surface area (Å²) in [5.41, 5.74) is 4.12. The van der Waals surface area contributed by atoms with E-state index < -0.39 is 5.54 Å². The molecule has 5 nitrogen and oxygen atoms in total. The van der Waals surface area contributed by atoms with E-state index in [0.29, 0.717) is 6.42 Å². The molecule has 31 heavy (non-hydrogen) atoms. The Morgan fingerprint density at radius 2 is 1.84 bits per heavy atom. The molecule has 2 heterocycles. The molecule has 1 atom stereocenters. The zero-order chi connectivity index (χ0) is 21.6. The van der Waals surface area contributed by atoms with Gasteiger partial charge in [0.25, 0.3) is 0 Å². The maximum Gasteiger partial charge on any atom is 0.189 e. The van der Waals surface area contributed by atoms with Gasteiger partial charge in [-0.1, -0.05) is 30.3 Å². The monoisotopic (exact) mass is 418 g/mol. The van der Waals surface area contributed by atoms with Crippen LogP contribution in [0.25, 0.3) is 0 Å². The van der Waals surface area contributed by atoms with E-state index in [-0.39, 0.29) is 11.6 Å². The third kappa shape index (κ3) is 3.40. The van der Waals surface area contributed by atoms with Crippen LogP contribution in [0.1, 0.15) is 32.7 Å². The third-order valence-electron chi connectivity index (χ3n) is 6.84. The molecule has 2 aliphatic rings. The first-order chi connectivity index (χ1) is 15.0. The van der Waals surface area contributed by atoms with Crippen molar-refractivity contribution in [2.24, 2.45) is 7.05 Å². The van der Waals surface area contributed by atoms with Crippen molar-refractivity contribution in [3.8, 4) is 0 Å². The predicted octanol–water partition coefficient (Wildman–Crippen LogP) is 3.32. The van der Waals surface area contributed by atoms with Gasteiger partial charge in [-0.25, -0.2) is 4.39 Å². The number of carbonyl (C=O) groups excluding carboxylic acids is 1. The molecular formula is C25H27FN4O. The minimum atomic E-state index is -0.744. The van der Waals surface area contributed by atoms with Crippen LogP contribution in [0, 0.1) is 12.7 Å². The van der Waals surface area contributed by atoms with Crippen molar-refractivity contribution >= 4 is 5.78 Å². The van der Waals surface area contributed by atoms with E-state index in [2.05, 4.69) is 21.0 Å². The number of nitrogens with zero attached hydrogens (tertiary/aromatic N) is 4. The van der Waals surface area contributed by atoms with E-state index in [1.165, 1.54) is 6.07 Å². The molecule has 5 rings (SSSR count). The van der Waals surface area contributed by atoms with E-state index >= 15 is 0 Å². The Morgan fingerprint density at radius 1 is 1.06 bits per heavy atom. The number of benzene rings is 2. The van der Waals surface area contributed by atoms with Gasteiger partial charge in [0.2, 0.25) is 0 Å². The van der Waals surface area contributed by atoms with Crippen LogP contribution in [0.15, 0.2) is 54.7 Å². The topological polar surface area (TPSA) is 41.4 Å². The van der Waals surface area contributed by atoms with Crippen LogP contribution in [-0.4, -0.2) is 51.5 Å². The molecule has 6 heteroatoms. The van der Waals surface area contributed by atoms with Crippen molar-refractivity contribution in [2.45, 2.75) is 25.4 Å². The molecule has 1 aliphatic heterocycles. The van der Waals surface area contributed by atoms with Gasteiger partial charge in [0.1, 0.15) is 11.4 Å². The average molecular weight is 419 g/mol. The van der Waals surface area contributed by atoms with Crippen LogP contribution in [0.3, 0.4) is 0 Å². The number of piperazine rings is 1. The Kier molecular flexibility index (Phi) is 4.99. The molecule has 1 fully saturated rings. The fraction of sp³-hybridized carbons (Fsp3) is 0.360. The summed E-state index contributed by atoms with van der Waals surface area (Å²) in [6.45, 7) is 5.94. The summed E-state index contributed by atoms with van der Waals surface area (Å²) in [7, 11) is 1.89. The molecule has 0 bridgehead atoms. The second kappa shape index (κ2) is 7.70. The molecule has 1 aromatic heterocycles. The summed E-state index contributed by atoms with van der Waals surface area (Å²) in [4.78, 5) is 18.4. The van der Waals surface area contributed by atoms with Crippen molar-refractivity contribution in [1.29, 1.82) is 0 Å². The molecule has 1 unspecified atom stereocenters. The highest BCUT2D eigenvalue weighted by molar-refractivity contribution is 6.07. The molecule has 1 aliphatic carbocycles. The number of carbonyl (C=O) groups is 1. The van der Waals surface area contributed by atoms with Gasteiger partial charge < -0.3 is 0 Å². The van der Waals surface area contributed by atoms with Gasteiger partial charge in [-0.2, -0.15) is 5.10 Å². The largest absolute Gasteiger partial charge is 0.297 e. The number of rotatable bonds is 4. The maximum absolute atomic E-state index is 13.7. The molecule has 1 saturated heterocycles. The predicted molar refractivity (Wildman–Crippen MR) is 117 cm³/mol. The van der Waals surface area contributed by atoms with Crippen LogP contribution >= 0.6 is 0 Å². The lowest BCUT2D eigenvalue weighted by molar-refractivity contribution is 0.0269. The van der Waals surface area contributed by atoms with Crippen LogP contribution in [0.5, 0.6) is 0 Å². The van der Waals surface area contributed by atoms with Gasteiger partial charge in [0.05, 0.1) is 5.69 Å². The van der Waals surface area contributed by atoms with E-state index in [4.69, 9.17) is 0 Å².